The molecule has 19 heavy (non-hydrogen) atoms. The molecule has 5 heteroatoms. The van der Waals surface area contributed by atoms with Gasteiger partial charge < -0.3 is 10.6 Å². The van der Waals surface area contributed by atoms with E-state index in [-0.39, 0.29) is 17.8 Å². The molecular weight excluding hydrogens is 263 g/mol. The van der Waals surface area contributed by atoms with Crippen molar-refractivity contribution in [3.8, 4) is 0 Å². The Bertz CT molecular complexity index is 605. The van der Waals surface area contributed by atoms with Gasteiger partial charge >= 0.3 is 0 Å². The van der Waals surface area contributed by atoms with Crippen molar-refractivity contribution in [3.05, 3.63) is 35.0 Å². The average molecular weight is 278 g/mol. The third kappa shape index (κ3) is 2.77. The highest BCUT2D eigenvalue weighted by molar-refractivity contribution is 7.20. The second-order valence-corrected chi connectivity index (χ2v) is 5.87. The minimum atomic E-state index is -0.268. The number of benzene rings is 1. The first kappa shape index (κ1) is 12.6. The van der Waals surface area contributed by atoms with E-state index in [4.69, 9.17) is 0 Å². The lowest BCUT2D eigenvalue weighted by Gasteiger charge is -2.23. The number of hydrogen-bond donors (Lipinski definition) is 2. The third-order valence-corrected chi connectivity index (χ3v) is 4.49. The molecule has 1 aliphatic heterocycles. The summed E-state index contributed by atoms with van der Waals surface area (Å²) in [6, 6.07) is 6.62. The molecule has 0 aliphatic carbocycles. The topological polar surface area (TPSA) is 41.1 Å². The van der Waals surface area contributed by atoms with Gasteiger partial charge in [0.2, 0.25) is 0 Å². The Morgan fingerprint density at radius 2 is 2.11 bits per heavy atom. The highest BCUT2D eigenvalue weighted by atomic mass is 32.1. The number of carbonyl (C=O) groups excluding carboxylic acids is 1. The Kier molecular flexibility index (Phi) is 3.48. The maximum Gasteiger partial charge on any atom is 0.261 e. The summed E-state index contributed by atoms with van der Waals surface area (Å²) in [6.45, 7) is 1.89. The molecule has 0 atom stereocenters. The smallest absolute Gasteiger partial charge is 0.261 e. The van der Waals surface area contributed by atoms with E-state index < -0.39 is 0 Å². The number of amides is 1. The summed E-state index contributed by atoms with van der Waals surface area (Å²) in [6.07, 6.45) is 1.93. The zero-order valence-electron chi connectivity index (χ0n) is 10.4. The summed E-state index contributed by atoms with van der Waals surface area (Å²) in [5, 5.41) is 7.11. The number of rotatable bonds is 2. The van der Waals surface area contributed by atoms with Gasteiger partial charge in [0.05, 0.1) is 4.88 Å². The Morgan fingerprint density at radius 3 is 2.89 bits per heavy atom. The van der Waals surface area contributed by atoms with Crippen LogP contribution in [0.25, 0.3) is 10.1 Å². The normalized spacial score (nSPS) is 16.7. The van der Waals surface area contributed by atoms with Gasteiger partial charge in [-0.3, -0.25) is 4.79 Å². The Labute approximate surface area is 114 Å². The molecule has 0 unspecified atom stereocenters. The molecule has 3 rings (SSSR count). The molecule has 3 nitrogen and oxygen atoms in total. The van der Waals surface area contributed by atoms with E-state index >= 15 is 0 Å². The lowest BCUT2D eigenvalue weighted by atomic mass is 10.1. The summed E-state index contributed by atoms with van der Waals surface area (Å²) in [4.78, 5) is 12.8. The van der Waals surface area contributed by atoms with E-state index in [2.05, 4.69) is 10.6 Å². The summed E-state index contributed by atoms with van der Waals surface area (Å²) in [5.74, 6) is -0.316. The van der Waals surface area contributed by atoms with Crippen LogP contribution in [0.2, 0.25) is 0 Å². The van der Waals surface area contributed by atoms with Crippen molar-refractivity contribution >= 4 is 27.3 Å². The van der Waals surface area contributed by atoms with Crippen LogP contribution >= 0.6 is 11.3 Å². The van der Waals surface area contributed by atoms with Gasteiger partial charge in [-0.15, -0.1) is 11.3 Å². The fourth-order valence-electron chi connectivity index (χ4n) is 2.35. The van der Waals surface area contributed by atoms with E-state index in [0.29, 0.717) is 4.88 Å². The molecule has 1 aliphatic rings. The fourth-order valence-corrected chi connectivity index (χ4v) is 3.30. The van der Waals surface area contributed by atoms with E-state index in [9.17, 15) is 9.18 Å². The van der Waals surface area contributed by atoms with Crippen LogP contribution in [0.3, 0.4) is 0 Å². The lowest BCUT2D eigenvalue weighted by molar-refractivity contribution is 0.0934. The zero-order chi connectivity index (χ0) is 13.2. The number of carbonyl (C=O) groups is 1. The van der Waals surface area contributed by atoms with Gasteiger partial charge in [0.15, 0.2) is 0 Å². The summed E-state index contributed by atoms with van der Waals surface area (Å²) < 4.78 is 14.1. The highest BCUT2D eigenvalue weighted by Crippen LogP contribution is 2.26. The number of thiophene rings is 1. The van der Waals surface area contributed by atoms with Crippen LogP contribution in [0.15, 0.2) is 24.3 Å². The molecule has 0 saturated carbocycles. The first-order chi connectivity index (χ1) is 9.22. The SMILES string of the molecule is O=C(NC1CCNCC1)c1cc2cc(F)ccc2s1. The second-order valence-electron chi connectivity index (χ2n) is 4.79. The van der Waals surface area contributed by atoms with Gasteiger partial charge in [-0.05, 0) is 55.6 Å². The molecule has 1 saturated heterocycles. The van der Waals surface area contributed by atoms with Crippen molar-refractivity contribution < 1.29 is 9.18 Å². The molecular formula is C14H15FN2OS. The third-order valence-electron chi connectivity index (χ3n) is 3.38. The molecule has 0 spiro atoms. The van der Waals surface area contributed by atoms with E-state index in [0.717, 1.165) is 36.0 Å². The minimum Gasteiger partial charge on any atom is -0.349 e. The largest absolute Gasteiger partial charge is 0.349 e. The molecule has 1 aromatic heterocycles. The number of fused-ring (bicyclic) bond motifs is 1. The van der Waals surface area contributed by atoms with Gasteiger partial charge in [0.25, 0.3) is 5.91 Å². The van der Waals surface area contributed by atoms with Crippen molar-refractivity contribution in [2.24, 2.45) is 0 Å². The van der Waals surface area contributed by atoms with Crippen molar-refractivity contribution in [3.63, 3.8) is 0 Å². The van der Waals surface area contributed by atoms with Gasteiger partial charge in [0, 0.05) is 10.7 Å². The Balaban J connectivity index is 1.77. The van der Waals surface area contributed by atoms with Crippen LogP contribution in [0.4, 0.5) is 4.39 Å². The van der Waals surface area contributed by atoms with Crippen LogP contribution in [0.1, 0.15) is 22.5 Å². The monoisotopic (exact) mass is 278 g/mol. The van der Waals surface area contributed by atoms with Crippen LogP contribution in [0.5, 0.6) is 0 Å². The highest BCUT2D eigenvalue weighted by Gasteiger charge is 2.17. The first-order valence-corrected chi connectivity index (χ1v) is 7.25. The molecule has 2 heterocycles. The van der Waals surface area contributed by atoms with Gasteiger partial charge in [0.1, 0.15) is 5.82 Å². The predicted octanol–water partition coefficient (Wildman–Crippen LogP) is 2.52. The van der Waals surface area contributed by atoms with Gasteiger partial charge in [-0.1, -0.05) is 0 Å². The molecule has 1 aromatic carbocycles. The second kappa shape index (κ2) is 5.27. The maximum absolute atomic E-state index is 13.1. The van der Waals surface area contributed by atoms with Gasteiger partial charge in [-0.2, -0.15) is 0 Å². The number of halogens is 1. The summed E-state index contributed by atoms with van der Waals surface area (Å²) in [5.41, 5.74) is 0. The van der Waals surface area contributed by atoms with E-state index in [1.54, 1.807) is 12.1 Å². The van der Waals surface area contributed by atoms with Crippen molar-refractivity contribution in [1.82, 2.24) is 10.6 Å². The number of hydrogen-bond acceptors (Lipinski definition) is 3. The summed E-state index contributed by atoms with van der Waals surface area (Å²) >= 11 is 1.41. The van der Waals surface area contributed by atoms with E-state index in [1.165, 1.54) is 23.5 Å². The minimum absolute atomic E-state index is 0.0477. The molecule has 1 amide bonds. The van der Waals surface area contributed by atoms with Gasteiger partial charge in [-0.25, -0.2) is 4.39 Å². The van der Waals surface area contributed by atoms with Crippen LogP contribution < -0.4 is 10.6 Å². The first-order valence-electron chi connectivity index (χ1n) is 6.43. The maximum atomic E-state index is 13.1. The fraction of sp³-hybridized carbons (Fsp3) is 0.357. The molecule has 1 fully saturated rings. The number of piperidine rings is 1. The number of nitrogens with one attached hydrogen (secondary N) is 2. The lowest BCUT2D eigenvalue weighted by Crippen LogP contribution is -2.42. The predicted molar refractivity (Wildman–Crippen MR) is 75.1 cm³/mol. The molecule has 0 bridgehead atoms. The molecule has 2 N–H and O–H groups in total. The summed E-state index contributed by atoms with van der Waals surface area (Å²) in [7, 11) is 0. The zero-order valence-corrected chi connectivity index (χ0v) is 11.2. The average Bonchev–Trinajstić information content (AvgIpc) is 2.83. The van der Waals surface area contributed by atoms with Crippen molar-refractivity contribution in [2.75, 3.05) is 13.1 Å². The van der Waals surface area contributed by atoms with E-state index in [1.807, 2.05) is 0 Å². The Morgan fingerprint density at radius 1 is 1.32 bits per heavy atom. The molecule has 100 valence electrons. The van der Waals surface area contributed by atoms with Crippen LogP contribution in [-0.2, 0) is 0 Å². The standard InChI is InChI=1S/C14H15FN2OS/c15-10-1-2-12-9(7-10)8-13(19-12)14(18)17-11-3-5-16-6-4-11/h1-2,7-8,11,16H,3-6H2,(H,17,18). The quantitative estimate of drug-likeness (QED) is 0.886. The van der Waals surface area contributed by atoms with Crippen molar-refractivity contribution in [1.29, 1.82) is 0 Å². The molecule has 2 aromatic rings. The Hall–Kier alpha value is -1.46. The van der Waals surface area contributed by atoms with Crippen LogP contribution in [0, 0.1) is 5.82 Å². The molecule has 0 radical (unpaired) electrons. The van der Waals surface area contributed by atoms with Crippen molar-refractivity contribution in [2.45, 2.75) is 18.9 Å². The van der Waals surface area contributed by atoms with Crippen LogP contribution in [-0.4, -0.2) is 25.0 Å².